The van der Waals surface area contributed by atoms with Gasteiger partial charge in [-0.25, -0.2) is 4.79 Å². The predicted octanol–water partition coefficient (Wildman–Crippen LogP) is 1.88. The number of methoxy groups -OCH3 is 1. The lowest BCUT2D eigenvalue weighted by Gasteiger charge is -2.07. The van der Waals surface area contributed by atoms with Crippen LogP contribution in [0.2, 0.25) is 0 Å². The van der Waals surface area contributed by atoms with Crippen LogP contribution in [0.5, 0.6) is 0 Å². The summed E-state index contributed by atoms with van der Waals surface area (Å²) < 4.78 is 11.2. The molecule has 0 N–H and O–H groups in total. The Hall–Kier alpha value is -2.81. The molecule has 2 rings (SSSR count). The summed E-state index contributed by atoms with van der Waals surface area (Å²) in [5.74, 6) is -1.01. The number of nitriles is 1. The summed E-state index contributed by atoms with van der Waals surface area (Å²) in [4.78, 5) is 23.5. The van der Waals surface area contributed by atoms with Gasteiger partial charge < -0.3 is 14.0 Å². The third-order valence-corrected chi connectivity index (χ3v) is 2.98. The molecule has 0 saturated carbocycles. The molecule has 0 bridgehead atoms. The minimum absolute atomic E-state index is 0.0798. The number of ether oxygens (including phenoxy) is 2. The van der Waals surface area contributed by atoms with Crippen molar-refractivity contribution < 1.29 is 19.1 Å². The first-order valence-electron chi connectivity index (χ1n) is 6.32. The van der Waals surface area contributed by atoms with E-state index in [4.69, 9.17) is 14.7 Å². The fourth-order valence-corrected chi connectivity index (χ4v) is 2.05. The molecular weight excluding hydrogens is 272 g/mol. The quantitative estimate of drug-likeness (QED) is 0.801. The lowest BCUT2D eigenvalue weighted by Crippen LogP contribution is -2.18. The van der Waals surface area contributed by atoms with Crippen molar-refractivity contribution in [3.05, 3.63) is 36.0 Å². The van der Waals surface area contributed by atoms with Gasteiger partial charge in [0.05, 0.1) is 12.7 Å². The normalized spacial score (nSPS) is 11.7. The lowest BCUT2D eigenvalue weighted by atomic mass is 10.2. The molecule has 21 heavy (non-hydrogen) atoms. The molecule has 0 fully saturated rings. The van der Waals surface area contributed by atoms with Crippen LogP contribution in [-0.4, -0.2) is 29.7 Å². The summed E-state index contributed by atoms with van der Waals surface area (Å²) >= 11 is 0. The highest BCUT2D eigenvalue weighted by atomic mass is 16.5. The SMILES string of the molecule is COC(=O)c1cn(CC(=O)O[C@@H](C)C#N)c2ccccc12. The van der Waals surface area contributed by atoms with Crippen LogP contribution in [0.1, 0.15) is 17.3 Å². The molecule has 0 aliphatic heterocycles. The minimum Gasteiger partial charge on any atom is -0.465 e. The van der Waals surface area contributed by atoms with Gasteiger partial charge in [-0.3, -0.25) is 4.79 Å². The summed E-state index contributed by atoms with van der Waals surface area (Å²) in [6.45, 7) is 1.41. The van der Waals surface area contributed by atoms with Crippen LogP contribution in [0, 0.1) is 11.3 Å². The number of benzene rings is 1. The summed E-state index contributed by atoms with van der Waals surface area (Å²) in [5.41, 5.74) is 1.11. The van der Waals surface area contributed by atoms with E-state index in [1.54, 1.807) is 29.0 Å². The van der Waals surface area contributed by atoms with Gasteiger partial charge in [0.25, 0.3) is 0 Å². The van der Waals surface area contributed by atoms with Gasteiger partial charge in [-0.15, -0.1) is 0 Å². The number of esters is 2. The molecule has 108 valence electrons. The molecule has 1 aromatic carbocycles. The monoisotopic (exact) mass is 286 g/mol. The second-order valence-corrected chi connectivity index (χ2v) is 4.44. The zero-order valence-corrected chi connectivity index (χ0v) is 11.7. The van der Waals surface area contributed by atoms with Gasteiger partial charge in [0.1, 0.15) is 12.6 Å². The van der Waals surface area contributed by atoms with Crippen molar-refractivity contribution >= 4 is 22.8 Å². The van der Waals surface area contributed by atoms with Crippen LogP contribution in [-0.2, 0) is 20.8 Å². The Balaban J connectivity index is 2.34. The molecule has 0 amide bonds. The van der Waals surface area contributed by atoms with E-state index in [0.29, 0.717) is 10.9 Å². The van der Waals surface area contributed by atoms with Gasteiger partial charge in [0.15, 0.2) is 6.10 Å². The van der Waals surface area contributed by atoms with Gasteiger partial charge in [0.2, 0.25) is 0 Å². The average molecular weight is 286 g/mol. The highest BCUT2D eigenvalue weighted by Crippen LogP contribution is 2.22. The standard InChI is InChI=1S/C15H14N2O4/c1-10(7-16)21-14(18)9-17-8-12(15(19)20-2)11-5-3-4-6-13(11)17/h3-6,8,10H,9H2,1-2H3/t10-/m0/s1. The zero-order valence-electron chi connectivity index (χ0n) is 11.7. The van der Waals surface area contributed by atoms with E-state index in [1.165, 1.54) is 14.0 Å². The van der Waals surface area contributed by atoms with Gasteiger partial charge in [-0.2, -0.15) is 5.26 Å². The van der Waals surface area contributed by atoms with E-state index in [2.05, 4.69) is 0 Å². The largest absolute Gasteiger partial charge is 0.465 e. The second kappa shape index (κ2) is 6.09. The fourth-order valence-electron chi connectivity index (χ4n) is 2.05. The van der Waals surface area contributed by atoms with E-state index in [1.807, 2.05) is 12.1 Å². The number of hydrogen-bond acceptors (Lipinski definition) is 5. The van der Waals surface area contributed by atoms with Crippen molar-refractivity contribution in [2.45, 2.75) is 19.6 Å². The van der Waals surface area contributed by atoms with Crippen molar-refractivity contribution in [2.24, 2.45) is 0 Å². The van der Waals surface area contributed by atoms with Crippen LogP contribution in [0.15, 0.2) is 30.5 Å². The fraction of sp³-hybridized carbons (Fsp3) is 0.267. The number of hydrogen-bond donors (Lipinski definition) is 0. The molecule has 1 atom stereocenters. The number of aromatic nitrogens is 1. The van der Waals surface area contributed by atoms with Gasteiger partial charge in [-0.05, 0) is 13.0 Å². The Morgan fingerprint density at radius 3 is 2.76 bits per heavy atom. The number of para-hydroxylation sites is 1. The number of rotatable bonds is 4. The minimum atomic E-state index is -0.806. The molecule has 0 unspecified atom stereocenters. The van der Waals surface area contributed by atoms with Crippen molar-refractivity contribution in [1.29, 1.82) is 5.26 Å². The number of carbonyl (C=O) groups is 2. The summed E-state index contributed by atoms with van der Waals surface area (Å²) in [6.07, 6.45) is 0.744. The molecule has 0 radical (unpaired) electrons. The van der Waals surface area contributed by atoms with Gasteiger partial charge in [0, 0.05) is 17.1 Å². The zero-order chi connectivity index (χ0) is 15.4. The molecule has 0 saturated heterocycles. The van der Waals surface area contributed by atoms with Crippen molar-refractivity contribution in [3.8, 4) is 6.07 Å². The number of nitrogens with zero attached hydrogens (tertiary/aromatic N) is 2. The first-order chi connectivity index (χ1) is 10.1. The molecule has 6 nitrogen and oxygen atoms in total. The van der Waals surface area contributed by atoms with E-state index in [9.17, 15) is 9.59 Å². The molecule has 6 heteroatoms. The van der Waals surface area contributed by atoms with Crippen LogP contribution >= 0.6 is 0 Å². The van der Waals surface area contributed by atoms with E-state index in [-0.39, 0.29) is 6.54 Å². The first-order valence-corrected chi connectivity index (χ1v) is 6.32. The Labute approximate surface area is 121 Å². The first kappa shape index (κ1) is 14.6. The molecule has 0 aliphatic carbocycles. The molecular formula is C15H14N2O4. The third-order valence-electron chi connectivity index (χ3n) is 2.98. The van der Waals surface area contributed by atoms with Crippen LogP contribution in [0.4, 0.5) is 0 Å². The summed E-state index contributed by atoms with van der Waals surface area (Å²) in [7, 11) is 1.30. The molecule has 2 aromatic rings. The summed E-state index contributed by atoms with van der Waals surface area (Å²) in [5, 5.41) is 9.33. The number of fused-ring (bicyclic) bond motifs is 1. The maximum Gasteiger partial charge on any atom is 0.340 e. The van der Waals surface area contributed by atoms with Crippen LogP contribution in [0.25, 0.3) is 10.9 Å². The topological polar surface area (TPSA) is 81.3 Å². The molecule has 1 aromatic heterocycles. The third kappa shape index (κ3) is 3.03. The van der Waals surface area contributed by atoms with E-state index >= 15 is 0 Å². The number of carbonyl (C=O) groups excluding carboxylic acids is 2. The van der Waals surface area contributed by atoms with E-state index < -0.39 is 18.0 Å². The Kier molecular flexibility index (Phi) is 4.24. The maximum atomic E-state index is 11.8. The predicted molar refractivity (Wildman–Crippen MR) is 74.4 cm³/mol. The lowest BCUT2D eigenvalue weighted by molar-refractivity contribution is -0.146. The van der Waals surface area contributed by atoms with Crippen LogP contribution in [0.3, 0.4) is 0 Å². The molecule has 1 heterocycles. The average Bonchev–Trinajstić information content (AvgIpc) is 2.85. The van der Waals surface area contributed by atoms with Crippen molar-refractivity contribution in [3.63, 3.8) is 0 Å². The smallest absolute Gasteiger partial charge is 0.340 e. The Bertz CT molecular complexity index is 727. The van der Waals surface area contributed by atoms with Crippen molar-refractivity contribution in [1.82, 2.24) is 4.57 Å². The second-order valence-electron chi connectivity index (χ2n) is 4.44. The van der Waals surface area contributed by atoms with Gasteiger partial charge >= 0.3 is 11.9 Å². The Morgan fingerprint density at radius 2 is 2.10 bits per heavy atom. The summed E-state index contributed by atoms with van der Waals surface area (Å²) in [6, 6.07) is 9.01. The van der Waals surface area contributed by atoms with Gasteiger partial charge in [-0.1, -0.05) is 18.2 Å². The highest BCUT2D eigenvalue weighted by Gasteiger charge is 2.17. The van der Waals surface area contributed by atoms with Crippen LogP contribution < -0.4 is 0 Å². The molecule has 0 spiro atoms. The maximum absolute atomic E-state index is 11.8. The van der Waals surface area contributed by atoms with Crippen molar-refractivity contribution in [2.75, 3.05) is 7.11 Å². The Morgan fingerprint density at radius 1 is 1.38 bits per heavy atom. The molecule has 0 aliphatic rings. The van der Waals surface area contributed by atoms with E-state index in [0.717, 1.165) is 5.52 Å². The highest BCUT2D eigenvalue weighted by molar-refractivity contribution is 6.04.